The molecule has 6 heteroatoms. The Bertz CT molecular complexity index is 372. The van der Waals surface area contributed by atoms with Crippen LogP contribution in [0.4, 0.5) is 24.5 Å². The van der Waals surface area contributed by atoms with Crippen LogP contribution in [0.3, 0.4) is 0 Å². The van der Waals surface area contributed by atoms with Gasteiger partial charge in [-0.2, -0.15) is 0 Å². The van der Waals surface area contributed by atoms with Crippen molar-refractivity contribution < 1.29 is 17.9 Å². The Labute approximate surface area is 97.8 Å². The highest BCUT2D eigenvalue weighted by Gasteiger charge is 2.05. The number of benzene rings is 1. The molecule has 1 aromatic carbocycles. The highest BCUT2D eigenvalue weighted by atomic mass is 19.3. The summed E-state index contributed by atoms with van der Waals surface area (Å²) in [5.41, 5.74) is 6.91. The third-order valence-electron chi connectivity index (χ3n) is 2.14. The van der Waals surface area contributed by atoms with Crippen LogP contribution >= 0.6 is 0 Å². The summed E-state index contributed by atoms with van der Waals surface area (Å²) in [5, 5.41) is 2.89. The smallest absolute Gasteiger partial charge is 0.261 e. The number of nitrogens with one attached hydrogen (secondary N) is 1. The van der Waals surface area contributed by atoms with Crippen LogP contribution in [0.2, 0.25) is 0 Å². The van der Waals surface area contributed by atoms with Crippen molar-refractivity contribution in [1.82, 2.24) is 0 Å². The molecule has 0 saturated heterocycles. The first-order chi connectivity index (χ1) is 8.00. The zero-order valence-corrected chi connectivity index (χ0v) is 9.47. The monoisotopic (exact) mass is 248 g/mol. The largest absolute Gasteiger partial charge is 0.397 e. The predicted molar refractivity (Wildman–Crippen MR) is 60.9 cm³/mol. The lowest BCUT2D eigenvalue weighted by Crippen LogP contribution is -2.14. The summed E-state index contributed by atoms with van der Waals surface area (Å²) in [6.45, 7) is 1.51. The molecule has 1 rings (SSSR count). The van der Waals surface area contributed by atoms with Crippen LogP contribution in [-0.2, 0) is 4.74 Å². The van der Waals surface area contributed by atoms with Gasteiger partial charge in [-0.1, -0.05) is 0 Å². The molecular weight excluding hydrogens is 233 g/mol. The Morgan fingerprint density at radius 1 is 1.41 bits per heavy atom. The van der Waals surface area contributed by atoms with Crippen molar-refractivity contribution in [2.45, 2.75) is 13.3 Å². The zero-order valence-electron chi connectivity index (χ0n) is 9.47. The van der Waals surface area contributed by atoms with Gasteiger partial charge in [-0.25, -0.2) is 13.2 Å². The van der Waals surface area contributed by atoms with Crippen molar-refractivity contribution in [3.8, 4) is 0 Å². The van der Waals surface area contributed by atoms with E-state index in [-0.39, 0.29) is 18.1 Å². The predicted octanol–water partition coefficient (Wildman–Crippen LogP) is 2.41. The molecule has 0 aliphatic rings. The molecule has 3 nitrogen and oxygen atoms in total. The van der Waals surface area contributed by atoms with Gasteiger partial charge in [0.2, 0.25) is 0 Å². The summed E-state index contributed by atoms with van der Waals surface area (Å²) in [4.78, 5) is 0. The number of halogens is 3. The molecule has 0 fully saturated rings. The molecule has 0 atom stereocenters. The van der Waals surface area contributed by atoms with E-state index in [1.54, 1.807) is 13.0 Å². The average Bonchev–Trinajstić information content (AvgIpc) is 2.24. The van der Waals surface area contributed by atoms with Crippen LogP contribution in [0.25, 0.3) is 0 Å². The minimum absolute atomic E-state index is 0.139. The maximum Gasteiger partial charge on any atom is 0.261 e. The normalized spacial score (nSPS) is 10.9. The van der Waals surface area contributed by atoms with Crippen molar-refractivity contribution in [3.05, 3.63) is 23.5 Å². The molecule has 0 aliphatic carbocycles. The van der Waals surface area contributed by atoms with Crippen molar-refractivity contribution in [1.29, 1.82) is 0 Å². The number of alkyl halides is 2. The topological polar surface area (TPSA) is 47.3 Å². The van der Waals surface area contributed by atoms with Gasteiger partial charge in [0.15, 0.2) is 0 Å². The minimum atomic E-state index is -2.46. The second-order valence-corrected chi connectivity index (χ2v) is 3.58. The van der Waals surface area contributed by atoms with Gasteiger partial charge in [-0.3, -0.25) is 0 Å². The Morgan fingerprint density at radius 3 is 2.76 bits per heavy atom. The van der Waals surface area contributed by atoms with E-state index < -0.39 is 13.0 Å². The Balaban J connectivity index is 2.39. The fourth-order valence-electron chi connectivity index (χ4n) is 1.28. The maximum absolute atomic E-state index is 13.1. The molecule has 1 aromatic rings. The van der Waals surface area contributed by atoms with Gasteiger partial charge in [0, 0.05) is 6.54 Å². The van der Waals surface area contributed by atoms with Gasteiger partial charge in [0.1, 0.15) is 12.4 Å². The van der Waals surface area contributed by atoms with Crippen molar-refractivity contribution in [2.75, 3.05) is 30.8 Å². The maximum atomic E-state index is 13.1. The van der Waals surface area contributed by atoms with E-state index in [1.807, 2.05) is 0 Å². The second-order valence-electron chi connectivity index (χ2n) is 3.58. The summed E-state index contributed by atoms with van der Waals surface area (Å²) >= 11 is 0. The lowest BCUT2D eigenvalue weighted by molar-refractivity contribution is 0.0215. The van der Waals surface area contributed by atoms with E-state index in [2.05, 4.69) is 10.1 Å². The first kappa shape index (κ1) is 13.6. The van der Waals surface area contributed by atoms with Crippen LogP contribution in [0, 0.1) is 12.7 Å². The van der Waals surface area contributed by atoms with E-state index in [0.29, 0.717) is 17.8 Å². The number of ether oxygens (including phenoxy) is 1. The summed E-state index contributed by atoms with van der Waals surface area (Å²) in [5.74, 6) is -0.373. The lowest BCUT2D eigenvalue weighted by Gasteiger charge is -2.11. The summed E-state index contributed by atoms with van der Waals surface area (Å²) in [7, 11) is 0. The number of anilines is 2. The molecule has 0 bridgehead atoms. The zero-order chi connectivity index (χ0) is 12.8. The first-order valence-electron chi connectivity index (χ1n) is 5.16. The molecule has 0 amide bonds. The Morgan fingerprint density at radius 2 is 2.12 bits per heavy atom. The van der Waals surface area contributed by atoms with Crippen LogP contribution in [0.1, 0.15) is 5.56 Å². The second kappa shape index (κ2) is 6.34. The molecule has 0 unspecified atom stereocenters. The number of hydrogen-bond acceptors (Lipinski definition) is 3. The van der Waals surface area contributed by atoms with Crippen LogP contribution in [0.15, 0.2) is 12.1 Å². The highest BCUT2D eigenvalue weighted by Crippen LogP contribution is 2.22. The van der Waals surface area contributed by atoms with E-state index in [0.717, 1.165) is 0 Å². The molecule has 0 saturated carbocycles. The van der Waals surface area contributed by atoms with Gasteiger partial charge >= 0.3 is 0 Å². The fraction of sp³-hybridized carbons (Fsp3) is 0.455. The Kier molecular flexibility index (Phi) is 5.09. The van der Waals surface area contributed by atoms with Gasteiger partial charge in [-0.05, 0) is 24.6 Å². The molecule has 0 heterocycles. The summed E-state index contributed by atoms with van der Waals surface area (Å²) < 4.78 is 41.2. The minimum Gasteiger partial charge on any atom is -0.397 e. The molecule has 0 radical (unpaired) electrons. The van der Waals surface area contributed by atoms with Gasteiger partial charge in [0.05, 0.1) is 18.0 Å². The van der Waals surface area contributed by atoms with Gasteiger partial charge in [-0.15, -0.1) is 0 Å². The molecule has 3 N–H and O–H groups in total. The number of rotatable bonds is 6. The van der Waals surface area contributed by atoms with Gasteiger partial charge in [0.25, 0.3) is 6.43 Å². The molecule has 0 aromatic heterocycles. The molecule has 0 spiro atoms. The standard InChI is InChI=1S/C11H15F3N2O/c1-7-4-10(9(15)5-8(7)12)16-2-3-17-6-11(13)14/h4-5,11,16H,2-3,6,15H2,1H3. The number of hydrogen-bond donors (Lipinski definition) is 2. The number of aryl methyl sites for hydroxylation is 1. The van der Waals surface area contributed by atoms with Gasteiger partial charge < -0.3 is 15.8 Å². The van der Waals surface area contributed by atoms with E-state index in [1.165, 1.54) is 6.07 Å². The highest BCUT2D eigenvalue weighted by molar-refractivity contribution is 5.67. The third kappa shape index (κ3) is 4.52. The molecule has 17 heavy (non-hydrogen) atoms. The van der Waals surface area contributed by atoms with E-state index in [4.69, 9.17) is 5.73 Å². The van der Waals surface area contributed by atoms with Crippen LogP contribution < -0.4 is 11.1 Å². The van der Waals surface area contributed by atoms with Crippen LogP contribution in [0.5, 0.6) is 0 Å². The molecular formula is C11H15F3N2O. The first-order valence-corrected chi connectivity index (χ1v) is 5.16. The number of nitrogens with two attached hydrogens (primary N) is 1. The summed E-state index contributed by atoms with van der Waals surface area (Å²) in [6, 6.07) is 2.79. The molecule has 0 aliphatic heterocycles. The SMILES string of the molecule is Cc1cc(NCCOCC(F)F)c(N)cc1F. The van der Waals surface area contributed by atoms with E-state index >= 15 is 0 Å². The number of nitrogen functional groups attached to an aromatic ring is 1. The van der Waals surface area contributed by atoms with Crippen LogP contribution in [-0.4, -0.2) is 26.2 Å². The quantitative estimate of drug-likeness (QED) is 0.600. The molecule has 96 valence electrons. The Hall–Kier alpha value is -1.43. The lowest BCUT2D eigenvalue weighted by atomic mass is 10.2. The van der Waals surface area contributed by atoms with Crippen molar-refractivity contribution in [3.63, 3.8) is 0 Å². The average molecular weight is 248 g/mol. The van der Waals surface area contributed by atoms with Crippen molar-refractivity contribution in [2.24, 2.45) is 0 Å². The fourth-order valence-corrected chi connectivity index (χ4v) is 1.28. The summed E-state index contributed by atoms with van der Waals surface area (Å²) in [6.07, 6.45) is -2.46. The van der Waals surface area contributed by atoms with E-state index in [9.17, 15) is 13.2 Å². The van der Waals surface area contributed by atoms with Crippen molar-refractivity contribution >= 4 is 11.4 Å². The third-order valence-corrected chi connectivity index (χ3v) is 2.14.